The Bertz CT molecular complexity index is 761. The van der Waals surface area contributed by atoms with E-state index in [4.69, 9.17) is 16.3 Å². The molecule has 6 heteroatoms. The Balaban J connectivity index is 1.34. The standard InChI is InChI=1S/C21H26ClN3O2/c1-17-5-4-6-18(15-17)27-14-9-23-21(26)16-24-10-12-25(13-11-24)20-8-3-2-7-19(20)22/h2-8,15H,9-14,16H2,1H3,(H,23,26). The number of anilines is 1. The van der Waals surface area contributed by atoms with E-state index < -0.39 is 0 Å². The van der Waals surface area contributed by atoms with Gasteiger partial charge in [0, 0.05) is 26.2 Å². The van der Waals surface area contributed by atoms with Crippen LogP contribution in [0.25, 0.3) is 0 Å². The van der Waals surface area contributed by atoms with Crippen LogP contribution in [0, 0.1) is 6.92 Å². The normalized spacial score (nSPS) is 14.8. The lowest BCUT2D eigenvalue weighted by atomic mass is 10.2. The van der Waals surface area contributed by atoms with E-state index >= 15 is 0 Å². The minimum atomic E-state index is 0.0361. The second-order valence-electron chi connectivity index (χ2n) is 6.73. The minimum absolute atomic E-state index is 0.0361. The fourth-order valence-corrected chi connectivity index (χ4v) is 3.43. The number of piperazine rings is 1. The first-order valence-electron chi connectivity index (χ1n) is 9.30. The maximum absolute atomic E-state index is 12.1. The van der Waals surface area contributed by atoms with E-state index in [0.717, 1.165) is 48.2 Å². The lowest BCUT2D eigenvalue weighted by Gasteiger charge is -2.36. The molecular formula is C21H26ClN3O2. The van der Waals surface area contributed by atoms with Crippen molar-refractivity contribution >= 4 is 23.2 Å². The van der Waals surface area contributed by atoms with Gasteiger partial charge in [-0.15, -0.1) is 0 Å². The Morgan fingerprint density at radius 2 is 1.89 bits per heavy atom. The number of amides is 1. The van der Waals surface area contributed by atoms with Gasteiger partial charge in [-0.3, -0.25) is 9.69 Å². The van der Waals surface area contributed by atoms with Gasteiger partial charge in [-0.25, -0.2) is 0 Å². The Hall–Kier alpha value is -2.24. The fraction of sp³-hybridized carbons (Fsp3) is 0.381. The average molecular weight is 388 g/mol. The van der Waals surface area contributed by atoms with Gasteiger partial charge in [-0.2, -0.15) is 0 Å². The van der Waals surface area contributed by atoms with E-state index in [9.17, 15) is 4.79 Å². The van der Waals surface area contributed by atoms with Crippen LogP contribution in [0.4, 0.5) is 5.69 Å². The van der Waals surface area contributed by atoms with E-state index in [1.807, 2.05) is 55.5 Å². The van der Waals surface area contributed by atoms with Crippen LogP contribution in [0.5, 0.6) is 5.75 Å². The first-order chi connectivity index (χ1) is 13.1. The van der Waals surface area contributed by atoms with Crippen molar-refractivity contribution in [3.8, 4) is 5.75 Å². The third kappa shape index (κ3) is 5.88. The quantitative estimate of drug-likeness (QED) is 0.742. The average Bonchev–Trinajstić information content (AvgIpc) is 2.67. The number of para-hydroxylation sites is 1. The van der Waals surface area contributed by atoms with Crippen molar-refractivity contribution in [3.63, 3.8) is 0 Å². The zero-order chi connectivity index (χ0) is 19.1. The van der Waals surface area contributed by atoms with Crippen LogP contribution in [0.2, 0.25) is 5.02 Å². The van der Waals surface area contributed by atoms with Crippen LogP contribution in [-0.4, -0.2) is 56.7 Å². The predicted molar refractivity (Wildman–Crippen MR) is 110 cm³/mol. The van der Waals surface area contributed by atoms with Crippen molar-refractivity contribution in [2.45, 2.75) is 6.92 Å². The van der Waals surface area contributed by atoms with E-state index in [2.05, 4.69) is 15.1 Å². The van der Waals surface area contributed by atoms with E-state index in [-0.39, 0.29) is 5.91 Å². The topological polar surface area (TPSA) is 44.8 Å². The molecule has 27 heavy (non-hydrogen) atoms. The number of rotatable bonds is 7. The maximum Gasteiger partial charge on any atom is 0.234 e. The number of hydrogen-bond donors (Lipinski definition) is 1. The van der Waals surface area contributed by atoms with Crippen LogP contribution in [0.15, 0.2) is 48.5 Å². The molecule has 0 bridgehead atoms. The van der Waals surface area contributed by atoms with Gasteiger partial charge in [0.25, 0.3) is 0 Å². The minimum Gasteiger partial charge on any atom is -0.492 e. The Kier molecular flexibility index (Phi) is 6.96. The maximum atomic E-state index is 12.1. The summed E-state index contributed by atoms with van der Waals surface area (Å²) in [4.78, 5) is 16.6. The van der Waals surface area contributed by atoms with Crippen LogP contribution >= 0.6 is 11.6 Å². The van der Waals surface area contributed by atoms with Gasteiger partial charge in [0.15, 0.2) is 0 Å². The van der Waals surface area contributed by atoms with Gasteiger partial charge < -0.3 is 15.0 Å². The number of halogens is 1. The van der Waals surface area contributed by atoms with Crippen molar-refractivity contribution in [2.75, 3.05) is 50.8 Å². The molecule has 2 aromatic carbocycles. The highest BCUT2D eigenvalue weighted by molar-refractivity contribution is 6.33. The summed E-state index contributed by atoms with van der Waals surface area (Å²) in [7, 11) is 0. The molecular weight excluding hydrogens is 362 g/mol. The number of benzene rings is 2. The van der Waals surface area contributed by atoms with Crippen molar-refractivity contribution in [2.24, 2.45) is 0 Å². The highest BCUT2D eigenvalue weighted by atomic mass is 35.5. The van der Waals surface area contributed by atoms with Gasteiger partial charge in [-0.05, 0) is 36.8 Å². The van der Waals surface area contributed by atoms with E-state index in [1.165, 1.54) is 0 Å². The number of hydrogen-bond acceptors (Lipinski definition) is 4. The summed E-state index contributed by atoms with van der Waals surface area (Å²) in [5, 5.41) is 3.70. The lowest BCUT2D eigenvalue weighted by molar-refractivity contribution is -0.122. The van der Waals surface area contributed by atoms with E-state index in [1.54, 1.807) is 0 Å². The van der Waals surface area contributed by atoms with E-state index in [0.29, 0.717) is 19.7 Å². The molecule has 0 atom stereocenters. The van der Waals surface area contributed by atoms with Crippen molar-refractivity contribution in [1.29, 1.82) is 0 Å². The Morgan fingerprint density at radius 1 is 1.11 bits per heavy atom. The monoisotopic (exact) mass is 387 g/mol. The molecule has 1 amide bonds. The molecule has 5 nitrogen and oxygen atoms in total. The summed E-state index contributed by atoms with van der Waals surface area (Å²) < 4.78 is 5.65. The third-order valence-electron chi connectivity index (χ3n) is 4.62. The molecule has 1 N–H and O–H groups in total. The molecule has 2 aromatic rings. The molecule has 0 saturated carbocycles. The van der Waals surface area contributed by atoms with Crippen molar-refractivity contribution in [1.82, 2.24) is 10.2 Å². The first kappa shape index (κ1) is 19.5. The molecule has 1 aliphatic rings. The summed E-state index contributed by atoms with van der Waals surface area (Å²) >= 11 is 6.27. The number of nitrogens with zero attached hydrogens (tertiary/aromatic N) is 2. The molecule has 0 unspecified atom stereocenters. The number of ether oxygens (including phenoxy) is 1. The summed E-state index contributed by atoms with van der Waals surface area (Å²) in [6.07, 6.45) is 0. The number of carbonyl (C=O) groups excluding carboxylic acids is 1. The predicted octanol–water partition coefficient (Wildman–Crippen LogP) is 2.97. The zero-order valence-electron chi connectivity index (χ0n) is 15.7. The van der Waals surface area contributed by atoms with Crippen LogP contribution in [0.3, 0.4) is 0 Å². The molecule has 3 rings (SSSR count). The van der Waals surface area contributed by atoms with Crippen molar-refractivity contribution < 1.29 is 9.53 Å². The second-order valence-corrected chi connectivity index (χ2v) is 7.14. The molecule has 1 fully saturated rings. The molecule has 144 valence electrons. The van der Waals surface area contributed by atoms with Gasteiger partial charge in [-0.1, -0.05) is 35.9 Å². The SMILES string of the molecule is Cc1cccc(OCCNC(=O)CN2CCN(c3ccccc3Cl)CC2)c1. The smallest absolute Gasteiger partial charge is 0.234 e. The third-order valence-corrected chi connectivity index (χ3v) is 4.93. The van der Waals surface area contributed by atoms with Gasteiger partial charge in [0.1, 0.15) is 12.4 Å². The largest absolute Gasteiger partial charge is 0.492 e. The molecule has 0 spiro atoms. The zero-order valence-corrected chi connectivity index (χ0v) is 16.4. The molecule has 1 aliphatic heterocycles. The number of carbonyl (C=O) groups is 1. The Labute approximate surface area is 165 Å². The van der Waals surface area contributed by atoms with Crippen LogP contribution in [-0.2, 0) is 4.79 Å². The molecule has 0 radical (unpaired) electrons. The summed E-state index contributed by atoms with van der Waals surface area (Å²) in [5.74, 6) is 0.869. The molecule has 1 heterocycles. The molecule has 0 aromatic heterocycles. The molecule has 1 saturated heterocycles. The fourth-order valence-electron chi connectivity index (χ4n) is 3.18. The summed E-state index contributed by atoms with van der Waals surface area (Å²) in [6, 6.07) is 15.8. The Morgan fingerprint density at radius 3 is 2.63 bits per heavy atom. The lowest BCUT2D eigenvalue weighted by Crippen LogP contribution is -2.49. The summed E-state index contributed by atoms with van der Waals surface area (Å²) in [6.45, 7) is 6.85. The first-order valence-corrected chi connectivity index (χ1v) is 9.67. The van der Waals surface area contributed by atoms with Gasteiger partial charge >= 0.3 is 0 Å². The highest BCUT2D eigenvalue weighted by Gasteiger charge is 2.20. The van der Waals surface area contributed by atoms with Gasteiger partial charge in [0.2, 0.25) is 5.91 Å². The number of nitrogens with one attached hydrogen (secondary N) is 1. The van der Waals surface area contributed by atoms with Crippen molar-refractivity contribution in [3.05, 3.63) is 59.1 Å². The van der Waals surface area contributed by atoms with Crippen LogP contribution in [0.1, 0.15) is 5.56 Å². The molecule has 0 aliphatic carbocycles. The van der Waals surface area contributed by atoms with Crippen LogP contribution < -0.4 is 15.0 Å². The summed E-state index contributed by atoms with van der Waals surface area (Å²) in [5.41, 5.74) is 2.23. The number of aryl methyl sites for hydroxylation is 1. The highest BCUT2D eigenvalue weighted by Crippen LogP contribution is 2.25. The van der Waals surface area contributed by atoms with Gasteiger partial charge in [0.05, 0.1) is 23.8 Å². The second kappa shape index (κ2) is 9.62.